The van der Waals surface area contributed by atoms with E-state index in [1.807, 2.05) is 23.5 Å². The Morgan fingerprint density at radius 3 is 2.69 bits per heavy atom. The molecule has 10 heteroatoms. The Labute approximate surface area is 199 Å². The molecule has 0 spiro atoms. The van der Waals surface area contributed by atoms with E-state index >= 15 is 0 Å². The molecule has 1 amide bonds. The number of aromatic nitrogens is 2. The molecule has 3 aromatic rings. The van der Waals surface area contributed by atoms with Gasteiger partial charge in [0, 0.05) is 29.8 Å². The number of nitrogens with zero attached hydrogens (tertiary/aromatic N) is 1. The second-order valence-corrected chi connectivity index (χ2v) is 8.71. The number of nitrogens with one attached hydrogen (secondary N) is 3. The highest BCUT2D eigenvalue weighted by atomic mass is 19.4. The zero-order valence-electron chi connectivity index (χ0n) is 18.9. The van der Waals surface area contributed by atoms with Crippen molar-refractivity contribution in [2.75, 3.05) is 6.54 Å². The number of hydrogen-bond donors (Lipinski definition) is 4. The van der Waals surface area contributed by atoms with E-state index in [1.54, 1.807) is 22.8 Å². The second-order valence-electron chi connectivity index (χ2n) is 8.71. The van der Waals surface area contributed by atoms with Gasteiger partial charge in [0.25, 0.3) is 5.91 Å². The molecule has 0 aliphatic carbocycles. The fraction of sp³-hybridized carbons (Fsp3) is 0.360. The molecule has 186 valence electrons. The Morgan fingerprint density at radius 1 is 1.26 bits per heavy atom. The molecule has 2 heterocycles. The van der Waals surface area contributed by atoms with Crippen molar-refractivity contribution in [2.24, 2.45) is 0 Å². The van der Waals surface area contributed by atoms with E-state index < -0.39 is 24.7 Å². The molecule has 4 N–H and O–H groups in total. The number of hydrogen-bond acceptors (Lipinski definition) is 4. The number of para-hydroxylation sites is 1. The number of halogens is 3. The van der Waals surface area contributed by atoms with Crippen LogP contribution in [-0.2, 0) is 13.0 Å². The Hall–Kier alpha value is -3.37. The maximum absolute atomic E-state index is 12.3. The van der Waals surface area contributed by atoms with Crippen LogP contribution in [0.5, 0.6) is 0 Å². The second kappa shape index (κ2) is 10.1. The van der Waals surface area contributed by atoms with Crippen LogP contribution in [0, 0.1) is 0 Å². The van der Waals surface area contributed by atoms with Crippen LogP contribution in [0.2, 0.25) is 0 Å². The molecule has 0 radical (unpaired) electrons. The van der Waals surface area contributed by atoms with Crippen LogP contribution >= 0.6 is 0 Å². The summed E-state index contributed by atoms with van der Waals surface area (Å²) in [4.78, 5) is 27.0. The lowest BCUT2D eigenvalue weighted by Crippen LogP contribution is -2.41. The van der Waals surface area contributed by atoms with Crippen LogP contribution < -0.4 is 16.3 Å². The molecule has 4 rings (SSSR count). The first kappa shape index (κ1) is 24.7. The van der Waals surface area contributed by atoms with E-state index in [-0.39, 0.29) is 23.3 Å². The smallest absolute Gasteiger partial charge is 0.387 e. The van der Waals surface area contributed by atoms with Crippen LogP contribution in [0.4, 0.5) is 13.2 Å². The topological polar surface area (TPSA) is 99.2 Å². The predicted octanol–water partition coefficient (Wildman–Crippen LogP) is 3.20. The number of amides is 1. The predicted molar refractivity (Wildman–Crippen MR) is 126 cm³/mol. The fourth-order valence-corrected chi connectivity index (χ4v) is 4.49. The summed E-state index contributed by atoms with van der Waals surface area (Å²) in [6.07, 6.45) is -1.66. The van der Waals surface area contributed by atoms with Gasteiger partial charge in [0.15, 0.2) is 0 Å². The monoisotopic (exact) mass is 488 g/mol. The van der Waals surface area contributed by atoms with Gasteiger partial charge in [-0.25, -0.2) is 4.79 Å². The van der Waals surface area contributed by atoms with Crippen molar-refractivity contribution >= 4 is 16.9 Å². The van der Waals surface area contributed by atoms with Crippen molar-refractivity contribution < 1.29 is 23.1 Å². The molecule has 1 aliphatic rings. The number of carbonyl (C=O) groups excluding carboxylic acids is 1. The van der Waals surface area contributed by atoms with Crippen LogP contribution in [-0.4, -0.2) is 45.4 Å². The minimum Gasteiger partial charge on any atom is -0.387 e. The molecular weight excluding hydrogens is 461 g/mol. The number of aromatic amines is 1. The molecule has 0 bridgehead atoms. The summed E-state index contributed by atoms with van der Waals surface area (Å²) in [5.74, 6) is -0.777. The summed E-state index contributed by atoms with van der Waals surface area (Å²) < 4.78 is 38.5. The van der Waals surface area contributed by atoms with E-state index in [1.165, 1.54) is 12.1 Å². The Balaban J connectivity index is 1.37. The highest BCUT2D eigenvalue weighted by Gasteiger charge is 2.30. The molecule has 35 heavy (non-hydrogen) atoms. The van der Waals surface area contributed by atoms with Gasteiger partial charge >= 0.3 is 11.9 Å². The van der Waals surface area contributed by atoms with Gasteiger partial charge in [0.2, 0.25) is 0 Å². The maximum atomic E-state index is 12.3. The SMILES string of the molecule is C=CC(CCc1ccc(C(=O)NCC(F)(F)F)cc1)N[C@@H]1CCn2c(=O)[nH]c3cccc(c32)[C@H]1O. The first-order chi connectivity index (χ1) is 16.7. The summed E-state index contributed by atoms with van der Waals surface area (Å²) in [6.45, 7) is 2.99. The summed E-state index contributed by atoms with van der Waals surface area (Å²) >= 11 is 0. The van der Waals surface area contributed by atoms with Gasteiger partial charge in [0.1, 0.15) is 6.54 Å². The fourth-order valence-electron chi connectivity index (χ4n) is 4.49. The normalized spacial score (nSPS) is 18.7. The van der Waals surface area contributed by atoms with E-state index in [4.69, 9.17) is 0 Å². The molecule has 0 saturated carbocycles. The van der Waals surface area contributed by atoms with Gasteiger partial charge in [-0.05, 0) is 43.0 Å². The lowest BCUT2D eigenvalue weighted by atomic mass is 9.97. The van der Waals surface area contributed by atoms with Crippen LogP contribution in [0.15, 0.2) is 59.9 Å². The first-order valence-corrected chi connectivity index (χ1v) is 11.4. The standard InChI is InChI=1S/C25H27F3N4O3/c1-2-17(11-8-15-6-9-16(10-7-15)23(34)29-14-25(26,27)28)30-20-12-13-32-21-18(22(20)33)4-3-5-19(21)31-24(32)35/h2-7,9-10,17,20,22,30,33H,1,8,11-14H2,(H,29,34)(H,31,35)/t17?,20-,22-/m1/s1. The van der Waals surface area contributed by atoms with Gasteiger partial charge in [-0.2, -0.15) is 13.2 Å². The molecule has 3 atom stereocenters. The Bertz CT molecular complexity index is 1260. The number of carbonyl (C=O) groups is 1. The quantitative estimate of drug-likeness (QED) is 0.366. The molecule has 2 aromatic carbocycles. The molecule has 0 fully saturated rings. The molecular formula is C25H27F3N4O3. The number of H-pyrrole nitrogens is 1. The van der Waals surface area contributed by atoms with Gasteiger partial charge in [-0.3, -0.25) is 9.36 Å². The van der Waals surface area contributed by atoms with Crippen molar-refractivity contribution in [1.29, 1.82) is 0 Å². The lowest BCUT2D eigenvalue weighted by molar-refractivity contribution is -0.123. The third kappa shape index (κ3) is 5.66. The lowest BCUT2D eigenvalue weighted by Gasteiger charge is -2.27. The Kier molecular flexibility index (Phi) is 7.13. The van der Waals surface area contributed by atoms with Gasteiger partial charge in [-0.1, -0.05) is 30.3 Å². The van der Waals surface area contributed by atoms with Gasteiger partial charge < -0.3 is 20.7 Å². The highest BCUT2D eigenvalue weighted by Crippen LogP contribution is 2.30. The largest absolute Gasteiger partial charge is 0.405 e. The number of rotatable bonds is 8. The zero-order chi connectivity index (χ0) is 25.2. The third-order valence-corrected chi connectivity index (χ3v) is 6.31. The van der Waals surface area contributed by atoms with Crippen LogP contribution in [0.25, 0.3) is 11.0 Å². The van der Waals surface area contributed by atoms with Crippen molar-refractivity contribution in [3.05, 3.63) is 82.3 Å². The maximum Gasteiger partial charge on any atom is 0.405 e. The van der Waals surface area contributed by atoms with Crippen molar-refractivity contribution in [2.45, 2.75) is 50.2 Å². The molecule has 1 unspecified atom stereocenters. The summed E-state index contributed by atoms with van der Waals surface area (Å²) in [5.41, 5.74) is 2.99. The Morgan fingerprint density at radius 2 is 2.00 bits per heavy atom. The number of aliphatic hydroxyl groups excluding tert-OH is 1. The number of benzene rings is 2. The van der Waals surface area contributed by atoms with Crippen molar-refractivity contribution in [3.63, 3.8) is 0 Å². The van der Waals surface area contributed by atoms with Gasteiger partial charge in [0.05, 0.1) is 17.1 Å². The molecule has 1 aliphatic heterocycles. The highest BCUT2D eigenvalue weighted by molar-refractivity contribution is 5.94. The average molecular weight is 489 g/mol. The summed E-state index contributed by atoms with van der Waals surface area (Å²) in [5, 5.41) is 16.4. The van der Waals surface area contributed by atoms with E-state index in [9.17, 15) is 27.9 Å². The minimum atomic E-state index is -4.46. The molecule has 1 aromatic heterocycles. The van der Waals surface area contributed by atoms with E-state index in [0.717, 1.165) is 11.1 Å². The number of aryl methyl sites for hydroxylation is 2. The zero-order valence-corrected chi connectivity index (χ0v) is 18.9. The minimum absolute atomic E-state index is 0.126. The molecule has 7 nitrogen and oxygen atoms in total. The average Bonchev–Trinajstić information content (AvgIpc) is 3.08. The summed E-state index contributed by atoms with van der Waals surface area (Å²) in [7, 11) is 0. The third-order valence-electron chi connectivity index (χ3n) is 6.31. The van der Waals surface area contributed by atoms with Crippen LogP contribution in [0.3, 0.4) is 0 Å². The van der Waals surface area contributed by atoms with Crippen molar-refractivity contribution in [3.8, 4) is 0 Å². The number of aliphatic hydroxyl groups is 1. The van der Waals surface area contributed by atoms with Crippen molar-refractivity contribution in [1.82, 2.24) is 20.2 Å². The first-order valence-electron chi connectivity index (χ1n) is 11.4. The van der Waals surface area contributed by atoms with E-state index in [0.29, 0.717) is 36.9 Å². The number of imidazole rings is 1. The van der Waals surface area contributed by atoms with E-state index in [2.05, 4.69) is 16.9 Å². The number of alkyl halides is 3. The van der Waals surface area contributed by atoms with Gasteiger partial charge in [-0.15, -0.1) is 6.58 Å². The molecule has 0 saturated heterocycles. The summed E-state index contributed by atoms with van der Waals surface area (Å²) in [6, 6.07) is 11.5. The van der Waals surface area contributed by atoms with Crippen LogP contribution in [0.1, 0.15) is 40.4 Å².